The lowest BCUT2D eigenvalue weighted by molar-refractivity contribution is 0.0398. The standard InChI is InChI=1S/C19H28N8O/c20-17-18(22-5-6-25-11-13-28-14-12-25)23-15-24-19(17)27-9-7-26(8-10-27)16-3-1-2-4-21-16/h1-4,15H,5-14,20H2,(H,22,23,24). The van der Waals surface area contributed by atoms with Gasteiger partial charge < -0.3 is 25.6 Å². The monoisotopic (exact) mass is 384 g/mol. The first kappa shape index (κ1) is 18.7. The van der Waals surface area contributed by atoms with Crippen molar-refractivity contribution in [2.45, 2.75) is 0 Å². The predicted octanol–water partition coefficient (Wildman–Crippen LogP) is 0.525. The van der Waals surface area contributed by atoms with E-state index in [-0.39, 0.29) is 0 Å². The number of hydrogen-bond donors (Lipinski definition) is 2. The van der Waals surface area contributed by atoms with E-state index in [0.29, 0.717) is 11.5 Å². The molecule has 9 heteroatoms. The maximum Gasteiger partial charge on any atom is 0.157 e. The molecule has 0 bridgehead atoms. The third-order valence-corrected chi connectivity index (χ3v) is 5.24. The van der Waals surface area contributed by atoms with Gasteiger partial charge in [0.2, 0.25) is 0 Å². The second-order valence-electron chi connectivity index (χ2n) is 7.00. The van der Waals surface area contributed by atoms with Gasteiger partial charge in [-0.3, -0.25) is 4.90 Å². The molecule has 0 spiro atoms. The van der Waals surface area contributed by atoms with Crippen molar-refractivity contribution in [3.8, 4) is 0 Å². The molecule has 2 saturated heterocycles. The summed E-state index contributed by atoms with van der Waals surface area (Å²) in [7, 11) is 0. The van der Waals surface area contributed by atoms with E-state index in [1.54, 1.807) is 6.33 Å². The number of anilines is 4. The molecule has 4 heterocycles. The van der Waals surface area contributed by atoms with Crippen LogP contribution in [0.2, 0.25) is 0 Å². The van der Waals surface area contributed by atoms with E-state index in [2.05, 4.69) is 35.0 Å². The number of hydrogen-bond acceptors (Lipinski definition) is 9. The molecule has 0 radical (unpaired) electrons. The zero-order valence-corrected chi connectivity index (χ0v) is 16.1. The van der Waals surface area contributed by atoms with E-state index < -0.39 is 0 Å². The highest BCUT2D eigenvalue weighted by molar-refractivity contribution is 5.75. The van der Waals surface area contributed by atoms with E-state index in [4.69, 9.17) is 10.5 Å². The Bertz CT molecular complexity index is 745. The van der Waals surface area contributed by atoms with Crippen LogP contribution in [-0.2, 0) is 4.74 Å². The molecular weight excluding hydrogens is 356 g/mol. The fourth-order valence-corrected chi connectivity index (χ4v) is 3.62. The lowest BCUT2D eigenvalue weighted by Gasteiger charge is -2.36. The number of nitrogens with zero attached hydrogens (tertiary/aromatic N) is 6. The topological polar surface area (TPSA) is 95.7 Å². The minimum absolute atomic E-state index is 0.621. The number of morpholine rings is 1. The smallest absolute Gasteiger partial charge is 0.157 e. The molecule has 9 nitrogen and oxygen atoms in total. The maximum atomic E-state index is 6.39. The molecule has 0 amide bonds. The molecule has 0 atom stereocenters. The highest BCUT2D eigenvalue weighted by Gasteiger charge is 2.22. The maximum absolute atomic E-state index is 6.39. The molecule has 2 aliphatic rings. The van der Waals surface area contributed by atoms with Gasteiger partial charge in [0.1, 0.15) is 17.8 Å². The zero-order chi connectivity index (χ0) is 19.2. The molecule has 2 fully saturated rings. The molecular formula is C19H28N8O. The van der Waals surface area contributed by atoms with Crippen molar-refractivity contribution in [1.29, 1.82) is 0 Å². The summed E-state index contributed by atoms with van der Waals surface area (Å²) in [5.74, 6) is 2.54. The van der Waals surface area contributed by atoms with Crippen molar-refractivity contribution in [3.63, 3.8) is 0 Å². The number of nitrogen functional groups attached to an aromatic ring is 1. The van der Waals surface area contributed by atoms with Crippen molar-refractivity contribution in [1.82, 2.24) is 19.9 Å². The fraction of sp³-hybridized carbons (Fsp3) is 0.526. The van der Waals surface area contributed by atoms with Crippen LogP contribution in [0, 0.1) is 0 Å². The lowest BCUT2D eigenvalue weighted by Crippen LogP contribution is -2.47. The molecule has 2 aromatic rings. The minimum atomic E-state index is 0.621. The summed E-state index contributed by atoms with van der Waals surface area (Å²) in [5.41, 5.74) is 7.01. The second-order valence-corrected chi connectivity index (χ2v) is 7.00. The van der Waals surface area contributed by atoms with Crippen LogP contribution in [0.4, 0.5) is 23.1 Å². The van der Waals surface area contributed by atoms with Crippen LogP contribution in [0.25, 0.3) is 0 Å². The fourth-order valence-electron chi connectivity index (χ4n) is 3.62. The SMILES string of the molecule is Nc1c(NCCN2CCOCC2)ncnc1N1CCN(c2ccccn2)CC1. The number of nitrogens with two attached hydrogens (primary N) is 1. The highest BCUT2D eigenvalue weighted by Crippen LogP contribution is 2.27. The van der Waals surface area contributed by atoms with E-state index in [1.807, 2.05) is 24.4 Å². The van der Waals surface area contributed by atoms with E-state index >= 15 is 0 Å². The third-order valence-electron chi connectivity index (χ3n) is 5.24. The Labute approximate surface area is 165 Å². The summed E-state index contributed by atoms with van der Waals surface area (Å²) < 4.78 is 5.39. The van der Waals surface area contributed by atoms with Gasteiger partial charge in [0.15, 0.2) is 11.6 Å². The Hall–Kier alpha value is -2.65. The quantitative estimate of drug-likeness (QED) is 0.739. The number of ether oxygens (including phenoxy) is 1. The van der Waals surface area contributed by atoms with Gasteiger partial charge in [-0.2, -0.15) is 0 Å². The number of rotatable bonds is 6. The first-order chi connectivity index (χ1) is 13.8. The molecule has 150 valence electrons. The normalized spacial score (nSPS) is 18.3. The Balaban J connectivity index is 1.33. The van der Waals surface area contributed by atoms with Gasteiger partial charge in [-0.25, -0.2) is 15.0 Å². The first-order valence-corrected chi connectivity index (χ1v) is 9.86. The van der Waals surface area contributed by atoms with Crippen molar-refractivity contribution in [2.75, 3.05) is 86.4 Å². The average molecular weight is 384 g/mol. The summed E-state index contributed by atoms with van der Waals surface area (Å²) in [6.07, 6.45) is 3.42. The van der Waals surface area contributed by atoms with Gasteiger partial charge in [0, 0.05) is 58.6 Å². The molecule has 2 aromatic heterocycles. The number of nitrogens with one attached hydrogen (secondary N) is 1. The van der Waals surface area contributed by atoms with Crippen molar-refractivity contribution in [2.24, 2.45) is 0 Å². The minimum Gasteiger partial charge on any atom is -0.393 e. The van der Waals surface area contributed by atoms with Crippen molar-refractivity contribution < 1.29 is 4.74 Å². The second kappa shape index (κ2) is 9.03. The molecule has 0 aromatic carbocycles. The van der Waals surface area contributed by atoms with Gasteiger partial charge in [-0.05, 0) is 12.1 Å². The van der Waals surface area contributed by atoms with Gasteiger partial charge in [0.25, 0.3) is 0 Å². The Kier molecular flexibility index (Phi) is 6.03. The van der Waals surface area contributed by atoms with E-state index in [1.165, 1.54) is 0 Å². The third kappa shape index (κ3) is 4.42. The van der Waals surface area contributed by atoms with Gasteiger partial charge in [-0.1, -0.05) is 6.07 Å². The molecule has 0 aliphatic carbocycles. The lowest BCUT2D eigenvalue weighted by atomic mass is 10.3. The van der Waals surface area contributed by atoms with Crippen LogP contribution >= 0.6 is 0 Å². The number of piperazine rings is 1. The Morgan fingerprint density at radius 2 is 1.75 bits per heavy atom. The van der Waals surface area contributed by atoms with Crippen LogP contribution in [0.3, 0.4) is 0 Å². The van der Waals surface area contributed by atoms with Gasteiger partial charge >= 0.3 is 0 Å². The van der Waals surface area contributed by atoms with E-state index in [0.717, 1.165) is 77.2 Å². The molecule has 3 N–H and O–H groups in total. The molecule has 4 rings (SSSR count). The number of aromatic nitrogens is 3. The highest BCUT2D eigenvalue weighted by atomic mass is 16.5. The predicted molar refractivity (Wildman–Crippen MR) is 111 cm³/mol. The van der Waals surface area contributed by atoms with Crippen LogP contribution in [-0.4, -0.2) is 85.4 Å². The van der Waals surface area contributed by atoms with Crippen LogP contribution in [0.15, 0.2) is 30.7 Å². The van der Waals surface area contributed by atoms with Crippen LogP contribution in [0.5, 0.6) is 0 Å². The number of pyridine rings is 1. The van der Waals surface area contributed by atoms with Gasteiger partial charge in [-0.15, -0.1) is 0 Å². The van der Waals surface area contributed by atoms with Crippen molar-refractivity contribution >= 4 is 23.1 Å². The summed E-state index contributed by atoms with van der Waals surface area (Å²) in [6.45, 7) is 8.81. The molecule has 0 saturated carbocycles. The summed E-state index contributed by atoms with van der Waals surface area (Å²) in [4.78, 5) is 20.1. The van der Waals surface area contributed by atoms with Gasteiger partial charge in [0.05, 0.1) is 13.2 Å². The van der Waals surface area contributed by atoms with Crippen molar-refractivity contribution in [3.05, 3.63) is 30.7 Å². The largest absolute Gasteiger partial charge is 0.393 e. The summed E-state index contributed by atoms with van der Waals surface area (Å²) in [5, 5.41) is 3.37. The Morgan fingerprint density at radius 3 is 2.50 bits per heavy atom. The van der Waals surface area contributed by atoms with E-state index in [9.17, 15) is 0 Å². The molecule has 2 aliphatic heterocycles. The summed E-state index contributed by atoms with van der Waals surface area (Å²) >= 11 is 0. The van der Waals surface area contributed by atoms with Crippen LogP contribution < -0.4 is 20.9 Å². The zero-order valence-electron chi connectivity index (χ0n) is 16.1. The average Bonchev–Trinajstić information content (AvgIpc) is 2.76. The summed E-state index contributed by atoms with van der Waals surface area (Å²) in [6, 6.07) is 6.01. The molecule has 0 unspecified atom stereocenters. The van der Waals surface area contributed by atoms with Crippen LogP contribution in [0.1, 0.15) is 0 Å². The molecule has 28 heavy (non-hydrogen) atoms. The Morgan fingerprint density at radius 1 is 0.964 bits per heavy atom. The first-order valence-electron chi connectivity index (χ1n) is 9.86.